The predicted molar refractivity (Wildman–Crippen MR) is 48.5 cm³/mol. The third-order valence-corrected chi connectivity index (χ3v) is 2.05. The van der Waals surface area contributed by atoms with Gasteiger partial charge in [-0.3, -0.25) is 0 Å². The highest BCUT2D eigenvalue weighted by Crippen LogP contribution is 2.23. The maximum absolute atomic E-state index is 8.73. The molecule has 11 heavy (non-hydrogen) atoms. The van der Waals surface area contributed by atoms with E-state index in [1.165, 1.54) is 0 Å². The second kappa shape index (κ2) is 5.21. The SMILES string of the molecule is C=CC(C)(C#N)CCCCCl. The van der Waals surface area contributed by atoms with E-state index in [1.54, 1.807) is 6.08 Å². The Balaban J connectivity index is 3.72. The third kappa shape index (κ3) is 4.06. The molecule has 0 saturated heterocycles. The molecular formula is C9H14ClN. The van der Waals surface area contributed by atoms with E-state index < -0.39 is 0 Å². The van der Waals surface area contributed by atoms with Gasteiger partial charge < -0.3 is 0 Å². The molecule has 0 aromatic rings. The molecule has 0 fully saturated rings. The number of hydrogen-bond donors (Lipinski definition) is 0. The fourth-order valence-corrected chi connectivity index (χ4v) is 0.979. The van der Waals surface area contributed by atoms with Gasteiger partial charge in [0.15, 0.2) is 0 Å². The molecule has 0 amide bonds. The minimum Gasteiger partial charge on any atom is -0.197 e. The normalized spacial score (nSPS) is 15.0. The van der Waals surface area contributed by atoms with Gasteiger partial charge >= 0.3 is 0 Å². The quantitative estimate of drug-likeness (QED) is 0.354. The van der Waals surface area contributed by atoms with Crippen LogP contribution >= 0.6 is 11.6 Å². The van der Waals surface area contributed by atoms with Gasteiger partial charge in [-0.2, -0.15) is 5.26 Å². The van der Waals surface area contributed by atoms with E-state index in [1.807, 2.05) is 6.92 Å². The molecule has 2 heteroatoms. The van der Waals surface area contributed by atoms with E-state index in [9.17, 15) is 0 Å². The van der Waals surface area contributed by atoms with Gasteiger partial charge in [0.05, 0.1) is 11.5 Å². The summed E-state index contributed by atoms with van der Waals surface area (Å²) in [6, 6.07) is 2.23. The number of halogens is 1. The molecule has 0 aliphatic rings. The van der Waals surface area contributed by atoms with Crippen molar-refractivity contribution in [1.82, 2.24) is 0 Å². The molecule has 62 valence electrons. The van der Waals surface area contributed by atoms with Crippen LogP contribution in [0.15, 0.2) is 12.7 Å². The number of nitrogens with zero attached hydrogens (tertiary/aromatic N) is 1. The van der Waals surface area contributed by atoms with Crippen LogP contribution in [0.3, 0.4) is 0 Å². The van der Waals surface area contributed by atoms with E-state index in [0.29, 0.717) is 5.88 Å². The van der Waals surface area contributed by atoms with Crippen molar-refractivity contribution in [2.24, 2.45) is 5.41 Å². The average molecular weight is 172 g/mol. The molecule has 0 saturated carbocycles. The molecule has 0 N–H and O–H groups in total. The summed E-state index contributed by atoms with van der Waals surface area (Å²) in [5, 5.41) is 8.73. The molecule has 0 aromatic heterocycles. The van der Waals surface area contributed by atoms with Crippen molar-refractivity contribution in [2.45, 2.75) is 26.2 Å². The van der Waals surface area contributed by atoms with E-state index in [-0.39, 0.29) is 5.41 Å². The zero-order valence-corrected chi connectivity index (χ0v) is 7.69. The second-order valence-corrected chi connectivity index (χ2v) is 3.26. The lowest BCUT2D eigenvalue weighted by molar-refractivity contribution is 0.489. The lowest BCUT2D eigenvalue weighted by Gasteiger charge is -2.14. The number of alkyl halides is 1. The Morgan fingerprint density at radius 3 is 2.64 bits per heavy atom. The highest BCUT2D eigenvalue weighted by molar-refractivity contribution is 6.17. The molecular weight excluding hydrogens is 158 g/mol. The Bertz CT molecular complexity index is 159. The van der Waals surface area contributed by atoms with Crippen molar-refractivity contribution in [3.05, 3.63) is 12.7 Å². The molecule has 0 bridgehead atoms. The molecule has 0 heterocycles. The summed E-state index contributed by atoms with van der Waals surface area (Å²) in [6.45, 7) is 5.52. The van der Waals surface area contributed by atoms with Crippen LogP contribution in [0, 0.1) is 16.7 Å². The molecule has 0 rings (SSSR count). The number of hydrogen-bond acceptors (Lipinski definition) is 1. The monoisotopic (exact) mass is 171 g/mol. The van der Waals surface area contributed by atoms with Crippen molar-refractivity contribution in [3.8, 4) is 6.07 Å². The Hall–Kier alpha value is -0.480. The Labute approximate surface area is 73.7 Å². The van der Waals surface area contributed by atoms with Gasteiger partial charge in [0.1, 0.15) is 0 Å². The zero-order chi connectivity index (χ0) is 8.74. The van der Waals surface area contributed by atoms with Gasteiger partial charge in [-0.1, -0.05) is 12.5 Å². The fourth-order valence-electron chi connectivity index (χ4n) is 0.790. The summed E-state index contributed by atoms with van der Waals surface area (Å²) < 4.78 is 0. The number of nitriles is 1. The largest absolute Gasteiger partial charge is 0.197 e. The number of rotatable bonds is 5. The lowest BCUT2D eigenvalue weighted by Crippen LogP contribution is -2.08. The smallest absolute Gasteiger partial charge is 0.0728 e. The summed E-state index contributed by atoms with van der Waals surface area (Å²) >= 11 is 5.51. The fraction of sp³-hybridized carbons (Fsp3) is 0.667. The summed E-state index contributed by atoms with van der Waals surface area (Å²) in [6.07, 6.45) is 4.55. The Morgan fingerprint density at radius 1 is 1.64 bits per heavy atom. The highest BCUT2D eigenvalue weighted by Gasteiger charge is 2.17. The first kappa shape index (κ1) is 10.5. The van der Waals surface area contributed by atoms with E-state index in [2.05, 4.69) is 12.6 Å². The Kier molecular flexibility index (Phi) is 4.98. The molecule has 1 unspecified atom stereocenters. The van der Waals surface area contributed by atoms with Gasteiger partial charge in [-0.05, 0) is 19.8 Å². The zero-order valence-electron chi connectivity index (χ0n) is 6.94. The lowest BCUT2D eigenvalue weighted by atomic mass is 9.87. The van der Waals surface area contributed by atoms with Gasteiger partial charge in [0.25, 0.3) is 0 Å². The summed E-state index contributed by atoms with van der Waals surface area (Å²) in [4.78, 5) is 0. The number of unbranched alkanes of at least 4 members (excludes halogenated alkanes) is 1. The predicted octanol–water partition coefficient (Wildman–Crippen LogP) is 3.11. The maximum Gasteiger partial charge on any atom is 0.0728 e. The van der Waals surface area contributed by atoms with Crippen molar-refractivity contribution in [2.75, 3.05) is 5.88 Å². The van der Waals surface area contributed by atoms with Crippen LogP contribution in [-0.4, -0.2) is 5.88 Å². The van der Waals surface area contributed by atoms with Crippen LogP contribution < -0.4 is 0 Å². The standard InChI is InChI=1S/C9H14ClN/c1-3-9(2,8-11)6-4-5-7-10/h3H,1,4-7H2,2H3. The summed E-state index contributed by atoms with van der Waals surface area (Å²) in [5.41, 5.74) is -0.355. The van der Waals surface area contributed by atoms with Crippen LogP contribution in [0.5, 0.6) is 0 Å². The van der Waals surface area contributed by atoms with E-state index in [4.69, 9.17) is 16.9 Å². The van der Waals surface area contributed by atoms with Crippen LogP contribution in [0.2, 0.25) is 0 Å². The van der Waals surface area contributed by atoms with Crippen LogP contribution in [0.4, 0.5) is 0 Å². The summed E-state index contributed by atoms with van der Waals surface area (Å²) in [5.74, 6) is 0.679. The van der Waals surface area contributed by atoms with Crippen molar-refractivity contribution < 1.29 is 0 Å². The molecule has 1 atom stereocenters. The first-order chi connectivity index (χ1) is 5.18. The second-order valence-electron chi connectivity index (χ2n) is 2.88. The van der Waals surface area contributed by atoms with Gasteiger partial charge in [0.2, 0.25) is 0 Å². The molecule has 1 nitrogen and oxygen atoms in total. The topological polar surface area (TPSA) is 23.8 Å². The summed E-state index contributed by atoms with van der Waals surface area (Å²) in [7, 11) is 0. The van der Waals surface area contributed by atoms with Crippen LogP contribution in [-0.2, 0) is 0 Å². The minimum atomic E-state index is -0.355. The van der Waals surface area contributed by atoms with Crippen molar-refractivity contribution in [1.29, 1.82) is 5.26 Å². The van der Waals surface area contributed by atoms with Crippen molar-refractivity contribution >= 4 is 11.6 Å². The maximum atomic E-state index is 8.73. The third-order valence-electron chi connectivity index (χ3n) is 1.79. The van der Waals surface area contributed by atoms with Gasteiger partial charge in [0, 0.05) is 5.88 Å². The molecule has 0 aromatic carbocycles. The van der Waals surface area contributed by atoms with Crippen LogP contribution in [0.1, 0.15) is 26.2 Å². The highest BCUT2D eigenvalue weighted by atomic mass is 35.5. The van der Waals surface area contributed by atoms with Crippen LogP contribution in [0.25, 0.3) is 0 Å². The molecule has 0 aliphatic carbocycles. The molecule has 0 spiro atoms. The first-order valence-electron chi connectivity index (χ1n) is 3.79. The molecule has 0 aliphatic heterocycles. The van der Waals surface area contributed by atoms with E-state index >= 15 is 0 Å². The van der Waals surface area contributed by atoms with E-state index in [0.717, 1.165) is 19.3 Å². The average Bonchev–Trinajstić information content (AvgIpc) is 2.05. The first-order valence-corrected chi connectivity index (χ1v) is 4.33. The number of allylic oxidation sites excluding steroid dienone is 1. The van der Waals surface area contributed by atoms with Gasteiger partial charge in [-0.15, -0.1) is 18.2 Å². The minimum absolute atomic E-state index is 0.355. The Morgan fingerprint density at radius 2 is 2.27 bits per heavy atom. The van der Waals surface area contributed by atoms with Gasteiger partial charge in [-0.25, -0.2) is 0 Å². The molecule has 0 radical (unpaired) electrons. The van der Waals surface area contributed by atoms with Crippen molar-refractivity contribution in [3.63, 3.8) is 0 Å².